The molecule has 8 heteroatoms. The van der Waals surface area contributed by atoms with Crippen LogP contribution in [-0.2, 0) is 28.7 Å². The molecule has 0 aromatic rings. The molecule has 3 atom stereocenters. The molecular formula is C17H28N2O6. The van der Waals surface area contributed by atoms with Crippen molar-refractivity contribution in [3.8, 4) is 0 Å². The highest BCUT2D eigenvalue weighted by Crippen LogP contribution is 2.27. The maximum atomic E-state index is 13.0. The van der Waals surface area contributed by atoms with Gasteiger partial charge in [0.2, 0.25) is 11.4 Å². The maximum Gasteiger partial charge on any atom is 0.341 e. The Balaban J connectivity index is 2.26. The Hall–Kier alpha value is -1.67. The van der Waals surface area contributed by atoms with Gasteiger partial charge >= 0.3 is 5.97 Å². The van der Waals surface area contributed by atoms with Gasteiger partial charge in [-0.3, -0.25) is 9.59 Å². The van der Waals surface area contributed by atoms with E-state index in [1.165, 1.54) is 6.92 Å². The number of carbonyl (C=O) groups is 3. The first kappa shape index (κ1) is 19.7. The molecule has 2 rings (SSSR count). The Kier molecular flexibility index (Phi) is 6.40. The van der Waals surface area contributed by atoms with E-state index in [9.17, 15) is 14.4 Å². The Bertz CT molecular complexity index is 517. The van der Waals surface area contributed by atoms with Crippen LogP contribution >= 0.6 is 0 Å². The third kappa shape index (κ3) is 4.30. The summed E-state index contributed by atoms with van der Waals surface area (Å²) >= 11 is 0. The van der Waals surface area contributed by atoms with Crippen molar-refractivity contribution in [2.75, 3.05) is 13.2 Å². The van der Waals surface area contributed by atoms with Crippen LogP contribution in [0.1, 0.15) is 53.4 Å². The number of nitrogens with zero attached hydrogens (tertiary/aromatic N) is 1. The maximum absolute atomic E-state index is 13.0. The molecule has 0 aromatic carbocycles. The van der Waals surface area contributed by atoms with Gasteiger partial charge < -0.3 is 14.8 Å². The highest BCUT2D eigenvalue weighted by molar-refractivity contribution is 6.12. The predicted molar refractivity (Wildman–Crippen MR) is 87.9 cm³/mol. The molecular weight excluding hydrogens is 328 g/mol. The van der Waals surface area contributed by atoms with Gasteiger partial charge in [-0.1, -0.05) is 13.8 Å². The normalized spacial score (nSPS) is 30.4. The first-order valence-electron chi connectivity index (χ1n) is 8.90. The summed E-state index contributed by atoms with van der Waals surface area (Å²) in [6.45, 7) is 7.54. The van der Waals surface area contributed by atoms with Crippen molar-refractivity contribution in [3.05, 3.63) is 0 Å². The van der Waals surface area contributed by atoms with Crippen molar-refractivity contribution in [2.24, 2.45) is 5.92 Å². The average molecular weight is 356 g/mol. The standard InChI is InChI=1S/C17H28N2O6/c1-5-23-16(22)17(4)15(21)19(25-13-8-6-7-9-24-13)12(10-11(2)3)14(20)18-17/h11-13H,5-10H2,1-4H3,(H,18,20). The fourth-order valence-electron chi connectivity index (χ4n) is 2.96. The van der Waals surface area contributed by atoms with E-state index in [1.54, 1.807) is 6.92 Å². The number of rotatable bonds is 6. The Morgan fingerprint density at radius 3 is 2.68 bits per heavy atom. The fourth-order valence-corrected chi connectivity index (χ4v) is 2.96. The van der Waals surface area contributed by atoms with Crippen LogP contribution in [0.25, 0.3) is 0 Å². The SMILES string of the molecule is CCOC(=O)C1(C)NC(=O)C(CC(C)C)N(OC2CCCCO2)C1=O. The van der Waals surface area contributed by atoms with Gasteiger partial charge in [0.15, 0.2) is 6.29 Å². The predicted octanol–water partition coefficient (Wildman–Crippen LogP) is 1.14. The molecule has 0 aromatic heterocycles. The number of esters is 1. The third-order valence-electron chi connectivity index (χ3n) is 4.33. The van der Waals surface area contributed by atoms with Crippen molar-refractivity contribution in [3.63, 3.8) is 0 Å². The zero-order chi connectivity index (χ0) is 18.6. The minimum Gasteiger partial charge on any atom is -0.464 e. The lowest BCUT2D eigenvalue weighted by Crippen LogP contribution is -2.72. The minimum atomic E-state index is -1.80. The summed E-state index contributed by atoms with van der Waals surface area (Å²) < 4.78 is 10.5. The zero-order valence-corrected chi connectivity index (χ0v) is 15.4. The zero-order valence-electron chi connectivity index (χ0n) is 15.4. The van der Waals surface area contributed by atoms with E-state index in [4.69, 9.17) is 14.3 Å². The molecule has 1 N–H and O–H groups in total. The van der Waals surface area contributed by atoms with E-state index in [0.29, 0.717) is 19.4 Å². The number of hydrogen-bond donors (Lipinski definition) is 1. The van der Waals surface area contributed by atoms with Crippen molar-refractivity contribution in [1.29, 1.82) is 0 Å². The second kappa shape index (κ2) is 8.14. The molecule has 142 valence electrons. The highest BCUT2D eigenvalue weighted by Gasteiger charge is 2.55. The third-order valence-corrected chi connectivity index (χ3v) is 4.33. The van der Waals surface area contributed by atoms with Crippen molar-refractivity contribution in [1.82, 2.24) is 10.4 Å². The number of amides is 2. The molecule has 2 heterocycles. The van der Waals surface area contributed by atoms with E-state index >= 15 is 0 Å². The summed E-state index contributed by atoms with van der Waals surface area (Å²) in [6, 6.07) is -0.805. The number of ether oxygens (including phenoxy) is 2. The Morgan fingerprint density at radius 2 is 2.12 bits per heavy atom. The molecule has 2 saturated heterocycles. The fraction of sp³-hybridized carbons (Fsp3) is 0.824. The molecule has 3 unspecified atom stereocenters. The number of hydroxylamine groups is 2. The molecule has 2 amide bonds. The summed E-state index contributed by atoms with van der Waals surface area (Å²) in [5.74, 6) is -1.70. The molecule has 8 nitrogen and oxygen atoms in total. The van der Waals surface area contributed by atoms with Crippen LogP contribution in [0, 0.1) is 5.92 Å². The van der Waals surface area contributed by atoms with Crippen LogP contribution in [0.2, 0.25) is 0 Å². The molecule has 0 aliphatic carbocycles. The van der Waals surface area contributed by atoms with Gasteiger partial charge in [-0.15, -0.1) is 0 Å². The molecule has 0 radical (unpaired) electrons. The van der Waals surface area contributed by atoms with Crippen molar-refractivity contribution in [2.45, 2.75) is 71.2 Å². The monoisotopic (exact) mass is 356 g/mol. The van der Waals surface area contributed by atoms with Gasteiger partial charge in [-0.05, 0) is 39.0 Å². The number of hydrogen-bond acceptors (Lipinski definition) is 6. The molecule has 0 saturated carbocycles. The summed E-state index contributed by atoms with van der Waals surface area (Å²) in [4.78, 5) is 43.6. The van der Waals surface area contributed by atoms with Crippen LogP contribution in [-0.4, -0.2) is 53.9 Å². The van der Waals surface area contributed by atoms with E-state index in [2.05, 4.69) is 5.32 Å². The van der Waals surface area contributed by atoms with Gasteiger partial charge in [0.05, 0.1) is 6.61 Å². The van der Waals surface area contributed by atoms with Gasteiger partial charge in [0.1, 0.15) is 6.04 Å². The molecule has 25 heavy (non-hydrogen) atoms. The Labute approximate surface area is 148 Å². The van der Waals surface area contributed by atoms with Gasteiger partial charge in [-0.2, -0.15) is 0 Å². The van der Waals surface area contributed by atoms with Gasteiger partial charge in [0, 0.05) is 13.0 Å². The Morgan fingerprint density at radius 1 is 1.40 bits per heavy atom. The molecule has 0 bridgehead atoms. The van der Waals surface area contributed by atoms with Crippen LogP contribution in [0.5, 0.6) is 0 Å². The van der Waals surface area contributed by atoms with E-state index in [0.717, 1.165) is 17.9 Å². The second-order valence-corrected chi connectivity index (χ2v) is 7.01. The lowest BCUT2D eigenvalue weighted by Gasteiger charge is -2.43. The lowest BCUT2D eigenvalue weighted by atomic mass is 9.92. The van der Waals surface area contributed by atoms with Crippen LogP contribution in [0.4, 0.5) is 0 Å². The summed E-state index contributed by atoms with van der Waals surface area (Å²) in [5, 5.41) is 3.56. The molecule has 2 aliphatic rings. The first-order valence-corrected chi connectivity index (χ1v) is 8.90. The van der Waals surface area contributed by atoms with E-state index in [1.807, 2.05) is 13.8 Å². The second-order valence-electron chi connectivity index (χ2n) is 7.01. The topological polar surface area (TPSA) is 94.2 Å². The van der Waals surface area contributed by atoms with Crippen molar-refractivity contribution < 1.29 is 28.7 Å². The summed E-state index contributed by atoms with van der Waals surface area (Å²) in [5.41, 5.74) is -1.80. The smallest absolute Gasteiger partial charge is 0.341 e. The molecule has 0 spiro atoms. The number of piperazine rings is 1. The van der Waals surface area contributed by atoms with E-state index < -0.39 is 35.7 Å². The van der Waals surface area contributed by atoms with Crippen molar-refractivity contribution >= 4 is 17.8 Å². The number of nitrogens with one attached hydrogen (secondary N) is 1. The van der Waals surface area contributed by atoms with Crippen LogP contribution in [0.15, 0.2) is 0 Å². The summed E-state index contributed by atoms with van der Waals surface area (Å²) in [6.07, 6.45) is 2.32. The lowest BCUT2D eigenvalue weighted by molar-refractivity contribution is -0.295. The van der Waals surface area contributed by atoms with Gasteiger partial charge in [0.25, 0.3) is 5.91 Å². The molecule has 2 aliphatic heterocycles. The quantitative estimate of drug-likeness (QED) is 0.566. The van der Waals surface area contributed by atoms with E-state index in [-0.39, 0.29) is 12.5 Å². The summed E-state index contributed by atoms with van der Waals surface area (Å²) in [7, 11) is 0. The average Bonchev–Trinajstić information content (AvgIpc) is 2.56. The minimum absolute atomic E-state index is 0.111. The largest absolute Gasteiger partial charge is 0.464 e. The first-order chi connectivity index (χ1) is 11.8. The highest BCUT2D eigenvalue weighted by atomic mass is 16.8. The van der Waals surface area contributed by atoms with Crippen LogP contribution in [0.3, 0.4) is 0 Å². The van der Waals surface area contributed by atoms with Crippen LogP contribution < -0.4 is 5.32 Å². The number of carbonyl (C=O) groups excluding carboxylic acids is 3. The molecule has 2 fully saturated rings. The van der Waals surface area contributed by atoms with Gasteiger partial charge in [-0.25, -0.2) is 14.7 Å².